The van der Waals surface area contributed by atoms with E-state index >= 15 is 0 Å². The van der Waals surface area contributed by atoms with E-state index in [2.05, 4.69) is 26.2 Å². The van der Waals surface area contributed by atoms with Crippen LogP contribution in [0.25, 0.3) is 0 Å². The first kappa shape index (κ1) is 16.6. The van der Waals surface area contributed by atoms with Gasteiger partial charge >= 0.3 is 0 Å². The maximum atomic E-state index is 11.7. The number of guanidine groups is 1. The molecule has 24 heavy (non-hydrogen) atoms. The van der Waals surface area contributed by atoms with Crippen LogP contribution in [-0.2, 0) is 6.54 Å². The van der Waals surface area contributed by atoms with Crippen LogP contribution < -0.4 is 21.3 Å². The number of nitrogens with zero attached hydrogens (tertiary/aromatic N) is 2. The van der Waals surface area contributed by atoms with Gasteiger partial charge in [-0.15, -0.1) is 0 Å². The molecule has 2 heterocycles. The van der Waals surface area contributed by atoms with Crippen LogP contribution in [0, 0.1) is 0 Å². The number of aromatic nitrogens is 1. The van der Waals surface area contributed by atoms with Gasteiger partial charge in [0.1, 0.15) is 5.75 Å². The Bertz CT molecular complexity index is 803. The fourth-order valence-electron chi connectivity index (χ4n) is 2.67. The average molecular weight is 391 g/mol. The highest BCUT2D eigenvalue weighted by Gasteiger charge is 2.21. The van der Waals surface area contributed by atoms with Gasteiger partial charge in [0, 0.05) is 35.3 Å². The van der Waals surface area contributed by atoms with Crippen LogP contribution in [0.15, 0.2) is 56.9 Å². The van der Waals surface area contributed by atoms with Crippen LogP contribution in [-0.4, -0.2) is 23.7 Å². The van der Waals surface area contributed by atoms with Crippen molar-refractivity contribution in [1.29, 1.82) is 0 Å². The zero-order valence-electron chi connectivity index (χ0n) is 13.1. The third kappa shape index (κ3) is 3.97. The lowest BCUT2D eigenvalue weighted by atomic mass is 10.0. The van der Waals surface area contributed by atoms with Crippen molar-refractivity contribution < 1.29 is 4.74 Å². The average Bonchev–Trinajstić information content (AvgIpc) is 2.58. The van der Waals surface area contributed by atoms with E-state index in [9.17, 15) is 4.79 Å². The minimum absolute atomic E-state index is 0.0571. The molecule has 0 saturated carbocycles. The molecule has 1 unspecified atom stereocenters. The van der Waals surface area contributed by atoms with E-state index < -0.39 is 0 Å². The van der Waals surface area contributed by atoms with Gasteiger partial charge in [0.15, 0.2) is 5.96 Å². The molecular weight excluding hydrogens is 372 g/mol. The molecule has 0 bridgehead atoms. The van der Waals surface area contributed by atoms with Gasteiger partial charge in [0.2, 0.25) is 0 Å². The lowest BCUT2D eigenvalue weighted by Crippen LogP contribution is -2.37. The second-order valence-corrected chi connectivity index (χ2v) is 6.43. The monoisotopic (exact) mass is 390 g/mol. The highest BCUT2D eigenvalue weighted by molar-refractivity contribution is 9.10. The highest BCUT2D eigenvalue weighted by atomic mass is 79.9. The van der Waals surface area contributed by atoms with Crippen LogP contribution in [0.5, 0.6) is 5.75 Å². The Hall–Kier alpha value is -2.28. The number of nitrogens with one attached hydrogen (secondary N) is 1. The summed E-state index contributed by atoms with van der Waals surface area (Å²) in [7, 11) is 0. The number of nitrogens with two attached hydrogens (primary N) is 1. The third-order valence-electron chi connectivity index (χ3n) is 3.85. The fraction of sp³-hybridized carbons (Fsp3) is 0.294. The predicted molar refractivity (Wildman–Crippen MR) is 97.3 cm³/mol. The van der Waals surface area contributed by atoms with Gasteiger partial charge in [-0.1, -0.05) is 18.2 Å². The van der Waals surface area contributed by atoms with E-state index in [4.69, 9.17) is 10.5 Å². The summed E-state index contributed by atoms with van der Waals surface area (Å²) in [5.41, 5.74) is 7.03. The molecule has 0 amide bonds. The maximum Gasteiger partial charge on any atom is 0.250 e. The summed E-state index contributed by atoms with van der Waals surface area (Å²) < 4.78 is 8.09. The number of halogens is 1. The molecule has 2 aromatic rings. The van der Waals surface area contributed by atoms with Gasteiger partial charge in [0.25, 0.3) is 5.56 Å². The molecule has 0 saturated heterocycles. The fourth-order valence-corrected chi connectivity index (χ4v) is 3.05. The van der Waals surface area contributed by atoms with Crippen molar-refractivity contribution in [1.82, 2.24) is 9.88 Å². The van der Waals surface area contributed by atoms with Gasteiger partial charge in [-0.25, -0.2) is 0 Å². The minimum atomic E-state index is -0.0571. The molecule has 1 aliphatic rings. The molecule has 1 aromatic heterocycles. The maximum absolute atomic E-state index is 11.7. The molecule has 126 valence electrons. The van der Waals surface area contributed by atoms with Crippen molar-refractivity contribution in [3.8, 4) is 5.75 Å². The number of pyridine rings is 1. The largest absolute Gasteiger partial charge is 0.493 e. The number of benzene rings is 1. The molecule has 1 atom stereocenters. The number of para-hydroxylation sites is 1. The second-order valence-electron chi connectivity index (χ2n) is 5.52. The van der Waals surface area contributed by atoms with E-state index in [0.717, 1.165) is 22.2 Å². The van der Waals surface area contributed by atoms with Crippen molar-refractivity contribution >= 4 is 21.9 Å². The second kappa shape index (κ2) is 7.53. The van der Waals surface area contributed by atoms with Crippen molar-refractivity contribution in [2.45, 2.75) is 19.0 Å². The lowest BCUT2D eigenvalue weighted by molar-refractivity contribution is 0.262. The molecule has 0 spiro atoms. The number of hydrogen-bond acceptors (Lipinski definition) is 3. The molecular formula is C17H19BrN4O2. The summed E-state index contributed by atoms with van der Waals surface area (Å²) in [5, 5.41) is 3.24. The van der Waals surface area contributed by atoms with Gasteiger partial charge < -0.3 is 20.4 Å². The van der Waals surface area contributed by atoms with E-state index in [1.165, 1.54) is 6.07 Å². The number of rotatable bonds is 4. The van der Waals surface area contributed by atoms with Crippen molar-refractivity contribution in [2.24, 2.45) is 10.7 Å². The summed E-state index contributed by atoms with van der Waals surface area (Å²) in [6, 6.07) is 11.3. The number of aliphatic imine (C=N–C) groups is 1. The van der Waals surface area contributed by atoms with Crippen LogP contribution in [0.4, 0.5) is 0 Å². The minimum Gasteiger partial charge on any atom is -0.493 e. The summed E-state index contributed by atoms with van der Waals surface area (Å²) in [6.07, 6.45) is 2.58. The Morgan fingerprint density at radius 1 is 1.38 bits per heavy atom. The topological polar surface area (TPSA) is 81.6 Å². The Balaban J connectivity index is 1.61. The molecule has 6 nitrogen and oxygen atoms in total. The lowest BCUT2D eigenvalue weighted by Gasteiger charge is -2.26. The zero-order chi connectivity index (χ0) is 16.9. The normalized spacial score (nSPS) is 17.0. The predicted octanol–water partition coefficient (Wildman–Crippen LogP) is 2.04. The molecule has 7 heteroatoms. The molecule has 1 aliphatic heterocycles. The van der Waals surface area contributed by atoms with E-state index in [-0.39, 0.29) is 11.6 Å². The molecule has 3 rings (SSSR count). The Morgan fingerprint density at radius 2 is 2.21 bits per heavy atom. The molecule has 0 aliphatic carbocycles. The molecule has 1 aromatic carbocycles. The highest BCUT2D eigenvalue weighted by Crippen LogP contribution is 2.31. The van der Waals surface area contributed by atoms with Gasteiger partial charge in [-0.3, -0.25) is 9.79 Å². The first-order valence-electron chi connectivity index (χ1n) is 7.77. The number of hydrogen-bond donors (Lipinski definition) is 2. The number of fused-ring (bicyclic) bond motifs is 1. The van der Waals surface area contributed by atoms with Crippen LogP contribution >= 0.6 is 15.9 Å². The molecule has 3 N–H and O–H groups in total. The van der Waals surface area contributed by atoms with Crippen LogP contribution in [0.3, 0.4) is 0 Å². The van der Waals surface area contributed by atoms with Gasteiger partial charge in [-0.05, 0) is 28.1 Å². The first-order chi connectivity index (χ1) is 11.6. The van der Waals surface area contributed by atoms with Gasteiger partial charge in [0.05, 0.1) is 19.2 Å². The van der Waals surface area contributed by atoms with Crippen molar-refractivity contribution in [2.75, 3.05) is 13.2 Å². The third-order valence-corrected chi connectivity index (χ3v) is 4.32. The summed E-state index contributed by atoms with van der Waals surface area (Å²) in [4.78, 5) is 16.1. The van der Waals surface area contributed by atoms with Crippen LogP contribution in [0.1, 0.15) is 18.0 Å². The van der Waals surface area contributed by atoms with Gasteiger partial charge in [-0.2, -0.15) is 0 Å². The van der Waals surface area contributed by atoms with E-state index in [1.807, 2.05) is 24.3 Å². The zero-order valence-corrected chi connectivity index (χ0v) is 14.7. The smallest absolute Gasteiger partial charge is 0.250 e. The van der Waals surface area contributed by atoms with Crippen LogP contribution in [0.2, 0.25) is 0 Å². The number of ether oxygens (including phenoxy) is 1. The molecule has 0 fully saturated rings. The van der Waals surface area contributed by atoms with E-state index in [1.54, 1.807) is 16.8 Å². The van der Waals surface area contributed by atoms with Crippen molar-refractivity contribution in [3.05, 3.63) is 63.0 Å². The van der Waals surface area contributed by atoms with Crippen molar-refractivity contribution in [3.63, 3.8) is 0 Å². The summed E-state index contributed by atoms with van der Waals surface area (Å²) >= 11 is 3.35. The Labute approximate surface area is 148 Å². The molecule has 0 radical (unpaired) electrons. The SMILES string of the molecule is NC(=NCCn1cc(Br)ccc1=O)NC1CCOc2ccccc21. The quantitative estimate of drug-likeness (QED) is 0.618. The standard InChI is InChI=1S/C17H19BrN4O2/c18-12-5-6-16(23)22(11-12)9-8-20-17(19)21-14-7-10-24-15-4-2-1-3-13(14)15/h1-6,11,14H,7-10H2,(H3,19,20,21). The summed E-state index contributed by atoms with van der Waals surface area (Å²) in [5.74, 6) is 1.26. The van der Waals surface area contributed by atoms with E-state index in [0.29, 0.717) is 25.7 Å². The Morgan fingerprint density at radius 3 is 3.08 bits per heavy atom. The first-order valence-corrected chi connectivity index (χ1v) is 8.57. The Kier molecular flexibility index (Phi) is 5.20. The summed E-state index contributed by atoms with van der Waals surface area (Å²) in [6.45, 7) is 1.56.